The van der Waals surface area contributed by atoms with Crippen LogP contribution in [0.1, 0.15) is 34.3 Å². The fourth-order valence-corrected chi connectivity index (χ4v) is 4.23. The standard InChI is InChI=1S/C23H29F3N3O6P/c24-23(25,26)20(28-34-14-4-7-17-5-2-1-3-6-17)18-8-10-19(11-9-18)21(30)29-13-12-22(27,15-29)16-35-36(31,32)33/h1-3,5-6,8-11,31-33,36H,4,7,12-16,27H2/b28-20-. The van der Waals surface area contributed by atoms with Gasteiger partial charge >= 0.3 is 133 Å². The Morgan fingerprint density at radius 3 is 2.33 bits per heavy atom. The molecule has 0 radical (unpaired) electrons. The summed E-state index contributed by atoms with van der Waals surface area (Å²) >= 11 is 0. The summed E-state index contributed by atoms with van der Waals surface area (Å²) in [7, 11) is -4.74. The molecule has 2 aromatic rings. The van der Waals surface area contributed by atoms with E-state index in [4.69, 9.17) is 25.3 Å². The molecule has 1 unspecified atom stereocenters. The summed E-state index contributed by atoms with van der Waals surface area (Å²) in [6.07, 6.45) is -3.35. The molecule has 5 N–H and O–H groups in total. The van der Waals surface area contributed by atoms with Crippen LogP contribution in [-0.4, -0.2) is 69.2 Å². The number of halogens is 3. The minimum absolute atomic E-state index is 0.00411. The van der Waals surface area contributed by atoms with Crippen molar-refractivity contribution in [2.24, 2.45) is 10.9 Å². The molecular formula is C23H29F3N3O6P. The summed E-state index contributed by atoms with van der Waals surface area (Å²) < 4.78 is 45.3. The summed E-state index contributed by atoms with van der Waals surface area (Å²) in [6.45, 7) is -0.132. The number of nitrogens with zero attached hydrogens (tertiary/aromatic N) is 2. The zero-order valence-electron chi connectivity index (χ0n) is 19.3. The van der Waals surface area contributed by atoms with Gasteiger partial charge in [-0.2, -0.15) is 13.2 Å². The van der Waals surface area contributed by atoms with E-state index in [0.717, 1.165) is 17.7 Å². The van der Waals surface area contributed by atoms with E-state index >= 15 is 0 Å². The summed E-state index contributed by atoms with van der Waals surface area (Å²) in [4.78, 5) is 46.1. The average molecular weight is 531 g/mol. The van der Waals surface area contributed by atoms with E-state index in [2.05, 4.69) is 9.68 Å². The van der Waals surface area contributed by atoms with Crippen molar-refractivity contribution >= 4 is 19.8 Å². The number of amides is 1. The van der Waals surface area contributed by atoms with Crippen molar-refractivity contribution in [2.75, 3.05) is 26.3 Å². The van der Waals surface area contributed by atoms with Crippen LogP contribution in [0.3, 0.4) is 0 Å². The Morgan fingerprint density at radius 2 is 1.72 bits per heavy atom. The predicted molar refractivity (Wildman–Crippen MR) is 128 cm³/mol. The zero-order valence-corrected chi connectivity index (χ0v) is 20.3. The molecule has 3 rings (SSSR count). The van der Waals surface area contributed by atoms with E-state index in [9.17, 15) is 18.0 Å². The van der Waals surface area contributed by atoms with Crippen LogP contribution in [0.15, 0.2) is 59.8 Å². The first-order valence-corrected chi connectivity index (χ1v) is 12.9. The third kappa shape index (κ3) is 8.22. The number of alkyl halides is 3. The Kier molecular flexibility index (Phi) is 9.04. The van der Waals surface area contributed by atoms with Crippen molar-refractivity contribution in [3.05, 3.63) is 71.3 Å². The first-order valence-electron chi connectivity index (χ1n) is 11.2. The van der Waals surface area contributed by atoms with Crippen LogP contribution in [0.5, 0.6) is 0 Å². The second kappa shape index (κ2) is 11.6. The molecule has 198 valence electrons. The van der Waals surface area contributed by atoms with Crippen molar-refractivity contribution < 1.29 is 42.0 Å². The number of rotatable bonds is 10. The monoisotopic (exact) mass is 531 g/mol. The number of hydrogen-bond donors (Lipinski definition) is 4. The molecule has 36 heavy (non-hydrogen) atoms. The molecule has 0 aromatic heterocycles. The second-order valence-electron chi connectivity index (χ2n) is 8.64. The van der Waals surface area contributed by atoms with Crippen molar-refractivity contribution in [2.45, 2.75) is 31.0 Å². The van der Waals surface area contributed by atoms with Crippen LogP contribution in [0, 0.1) is 0 Å². The third-order valence-corrected chi connectivity index (χ3v) is 6.13. The Balaban J connectivity index is 1.60. The topological polar surface area (TPSA) is 138 Å². The summed E-state index contributed by atoms with van der Waals surface area (Å²) in [5.41, 5.74) is 4.73. The van der Waals surface area contributed by atoms with Gasteiger partial charge in [0.2, 0.25) is 0 Å². The van der Waals surface area contributed by atoms with E-state index < -0.39 is 31.5 Å². The quantitative estimate of drug-likeness (QED) is 0.160. The van der Waals surface area contributed by atoms with Gasteiger partial charge in [0.15, 0.2) is 0 Å². The van der Waals surface area contributed by atoms with Crippen LogP contribution < -0.4 is 5.73 Å². The number of hydrogen-bond acceptors (Lipinski definition) is 8. The van der Waals surface area contributed by atoms with Gasteiger partial charge in [-0.3, -0.25) is 0 Å². The molecule has 2 aromatic carbocycles. The van der Waals surface area contributed by atoms with Crippen LogP contribution in [-0.2, 0) is 15.8 Å². The number of oxime groups is 1. The Hall–Kier alpha value is -2.60. The molecular weight excluding hydrogens is 502 g/mol. The molecule has 1 atom stereocenters. The molecule has 1 heterocycles. The normalized spacial score (nSPS) is 19.4. The van der Waals surface area contributed by atoms with Crippen molar-refractivity contribution in [1.29, 1.82) is 0 Å². The van der Waals surface area contributed by atoms with Gasteiger partial charge < -0.3 is 4.84 Å². The van der Waals surface area contributed by atoms with Gasteiger partial charge in [0.25, 0.3) is 0 Å². The molecule has 9 nitrogen and oxygen atoms in total. The molecule has 1 aliphatic heterocycles. The Labute approximate surface area is 206 Å². The van der Waals surface area contributed by atoms with Gasteiger partial charge in [-0.05, 0) is 18.4 Å². The zero-order chi connectivity index (χ0) is 26.4. The maximum absolute atomic E-state index is 13.6. The molecule has 0 aliphatic carbocycles. The molecule has 13 heteroatoms. The van der Waals surface area contributed by atoms with Gasteiger partial charge in [-0.15, -0.1) is 0 Å². The molecule has 1 aliphatic rings. The average Bonchev–Trinajstić information content (AvgIpc) is 3.22. The van der Waals surface area contributed by atoms with E-state index in [1.807, 2.05) is 30.3 Å². The molecule has 0 spiro atoms. The van der Waals surface area contributed by atoms with E-state index in [-0.39, 0.29) is 43.9 Å². The molecule has 0 saturated carbocycles. The van der Waals surface area contributed by atoms with Crippen molar-refractivity contribution in [3.8, 4) is 0 Å². The van der Waals surface area contributed by atoms with Crippen LogP contribution >= 0.6 is 8.17 Å². The summed E-state index contributed by atoms with van der Waals surface area (Å²) in [5.74, 6) is -0.461. The van der Waals surface area contributed by atoms with Gasteiger partial charge in [-0.25, -0.2) is 0 Å². The second-order valence-corrected chi connectivity index (χ2v) is 10.1. The van der Waals surface area contributed by atoms with Crippen molar-refractivity contribution in [1.82, 2.24) is 4.90 Å². The Morgan fingerprint density at radius 1 is 1.08 bits per heavy atom. The fraction of sp³-hybridized carbons (Fsp3) is 0.391. The molecule has 1 saturated heterocycles. The fourth-order valence-electron chi connectivity index (χ4n) is 3.74. The third-order valence-electron chi connectivity index (χ3n) is 5.60. The predicted octanol–water partition coefficient (Wildman–Crippen LogP) is 2.55. The van der Waals surface area contributed by atoms with Gasteiger partial charge in [-0.1, -0.05) is 30.3 Å². The van der Waals surface area contributed by atoms with Gasteiger partial charge in [0, 0.05) is 0 Å². The number of nitrogens with two attached hydrogens (primary N) is 1. The summed E-state index contributed by atoms with van der Waals surface area (Å²) in [6, 6.07) is 14.3. The van der Waals surface area contributed by atoms with Gasteiger partial charge in [0.1, 0.15) is 6.61 Å². The molecule has 1 amide bonds. The Bertz CT molecular complexity index is 1050. The SMILES string of the molecule is NC1(CO[PH](O)(O)O)CCN(C(=O)c2ccc(/C(=N/OCCCc3ccccc3)C(F)(F)F)cc2)C1. The maximum atomic E-state index is 13.6. The van der Waals surface area contributed by atoms with Crippen LogP contribution in [0.25, 0.3) is 0 Å². The van der Waals surface area contributed by atoms with Crippen LogP contribution in [0.4, 0.5) is 13.2 Å². The van der Waals surface area contributed by atoms with Crippen molar-refractivity contribution in [3.63, 3.8) is 0 Å². The molecule has 1 fully saturated rings. The minimum atomic E-state index is -4.76. The number of carbonyl (C=O) groups excluding carboxylic acids is 1. The first kappa shape index (κ1) is 28.0. The summed E-state index contributed by atoms with van der Waals surface area (Å²) in [5, 5.41) is 3.32. The number of benzene rings is 2. The number of carbonyl (C=O) groups is 1. The number of aryl methyl sites for hydroxylation is 1. The number of likely N-dealkylation sites (tertiary alicyclic amines) is 1. The first-order chi connectivity index (χ1) is 16.9. The van der Waals surface area contributed by atoms with Gasteiger partial charge in [0.05, 0.1) is 0 Å². The molecule has 0 bridgehead atoms. The van der Waals surface area contributed by atoms with Crippen LogP contribution in [0.2, 0.25) is 0 Å². The van der Waals surface area contributed by atoms with E-state index in [0.29, 0.717) is 12.8 Å². The van der Waals surface area contributed by atoms with E-state index in [1.165, 1.54) is 17.0 Å². The van der Waals surface area contributed by atoms with E-state index in [1.54, 1.807) is 0 Å².